The smallest absolute Gasteiger partial charge is 0.293 e. The third kappa shape index (κ3) is 2.18. The minimum absolute atomic E-state index is 0.426. The Kier molecular flexibility index (Phi) is 2.72. The molecule has 0 aliphatic carbocycles. The number of hydrogen-bond acceptors (Lipinski definition) is 2. The van der Waals surface area contributed by atoms with E-state index in [2.05, 4.69) is 40.9 Å². The van der Waals surface area contributed by atoms with E-state index in [1.54, 1.807) is 0 Å². The number of H-pyrrole nitrogens is 1. The molecule has 0 radical (unpaired) electrons. The molecule has 0 amide bonds. The van der Waals surface area contributed by atoms with Crippen LogP contribution in [0.15, 0.2) is 24.3 Å². The predicted molar refractivity (Wildman–Crippen MR) is 58.8 cm³/mol. The van der Waals surface area contributed by atoms with Crippen LogP contribution in [0.25, 0.3) is 10.9 Å². The highest BCUT2D eigenvalue weighted by Crippen LogP contribution is 2.17. The van der Waals surface area contributed by atoms with Crippen molar-refractivity contribution in [1.82, 2.24) is 4.98 Å². The van der Waals surface area contributed by atoms with Crippen molar-refractivity contribution in [1.29, 1.82) is 0 Å². The molecule has 1 aromatic heterocycles. The van der Waals surface area contributed by atoms with Gasteiger partial charge in [0.05, 0.1) is 6.61 Å². The van der Waals surface area contributed by atoms with Crippen LogP contribution in [0.4, 0.5) is 0 Å². The zero-order chi connectivity index (χ0) is 10.7. The Bertz CT molecular complexity index is 473. The van der Waals surface area contributed by atoms with Gasteiger partial charge in [-0.15, -0.1) is 0 Å². The third-order valence-corrected chi connectivity index (χ3v) is 2.39. The van der Waals surface area contributed by atoms with Crippen LogP contribution in [0.2, 0.25) is 0 Å². The van der Waals surface area contributed by atoms with Gasteiger partial charge in [-0.3, -0.25) is 4.79 Å². The van der Waals surface area contributed by atoms with E-state index < -0.39 is 0 Å². The average molecular weight is 203 g/mol. The number of carbonyl (C=O) groups excluding carboxylic acids is 1. The van der Waals surface area contributed by atoms with Gasteiger partial charge in [0.25, 0.3) is 6.47 Å². The fraction of sp³-hybridized carbons (Fsp3) is 0.250. The van der Waals surface area contributed by atoms with Gasteiger partial charge >= 0.3 is 0 Å². The maximum Gasteiger partial charge on any atom is 0.293 e. The first-order valence-corrected chi connectivity index (χ1v) is 4.93. The van der Waals surface area contributed by atoms with Gasteiger partial charge in [0.15, 0.2) is 0 Å². The lowest BCUT2D eigenvalue weighted by atomic mass is 10.2. The Labute approximate surface area is 88.1 Å². The molecule has 2 rings (SSSR count). The van der Waals surface area contributed by atoms with Crippen molar-refractivity contribution < 1.29 is 9.53 Å². The first kappa shape index (κ1) is 9.77. The normalized spacial score (nSPS) is 10.5. The molecule has 15 heavy (non-hydrogen) atoms. The summed E-state index contributed by atoms with van der Waals surface area (Å²) in [6.07, 6.45) is 0.729. The summed E-state index contributed by atoms with van der Waals surface area (Å²) in [5.74, 6) is 0. The van der Waals surface area contributed by atoms with E-state index in [1.165, 1.54) is 10.9 Å². The first-order valence-electron chi connectivity index (χ1n) is 4.93. The summed E-state index contributed by atoms with van der Waals surface area (Å²) in [6.45, 7) is 2.98. The summed E-state index contributed by atoms with van der Waals surface area (Å²) in [7, 11) is 0. The van der Waals surface area contributed by atoms with Gasteiger partial charge in [-0.25, -0.2) is 0 Å². The molecule has 0 unspecified atom stereocenters. The van der Waals surface area contributed by atoms with Gasteiger partial charge in [-0.1, -0.05) is 11.6 Å². The molecule has 3 nitrogen and oxygen atoms in total. The summed E-state index contributed by atoms with van der Waals surface area (Å²) in [5, 5.41) is 1.20. The largest absolute Gasteiger partial charge is 0.467 e. The molecular formula is C12H13NO2. The van der Waals surface area contributed by atoms with Crippen molar-refractivity contribution in [2.75, 3.05) is 6.61 Å². The molecule has 2 aromatic rings. The fourth-order valence-electron chi connectivity index (χ4n) is 1.66. The highest BCUT2D eigenvalue weighted by atomic mass is 16.5. The third-order valence-electron chi connectivity index (χ3n) is 2.39. The lowest BCUT2D eigenvalue weighted by molar-refractivity contribution is -0.128. The molecule has 0 bridgehead atoms. The second-order valence-corrected chi connectivity index (χ2v) is 3.60. The topological polar surface area (TPSA) is 42.1 Å². The number of benzene rings is 1. The molecule has 78 valence electrons. The summed E-state index contributed by atoms with van der Waals surface area (Å²) in [5.41, 5.74) is 3.47. The van der Waals surface area contributed by atoms with Crippen molar-refractivity contribution in [2.45, 2.75) is 13.3 Å². The molecule has 3 heteroatoms. The number of carbonyl (C=O) groups is 1. The molecule has 0 atom stereocenters. The second-order valence-electron chi connectivity index (χ2n) is 3.60. The minimum Gasteiger partial charge on any atom is -0.467 e. The fourth-order valence-corrected chi connectivity index (χ4v) is 1.66. The van der Waals surface area contributed by atoms with Crippen LogP contribution < -0.4 is 0 Å². The average Bonchev–Trinajstić information content (AvgIpc) is 2.60. The molecule has 1 heterocycles. The number of nitrogens with one attached hydrogen (secondary N) is 1. The first-order chi connectivity index (χ1) is 7.29. The number of hydrogen-bond donors (Lipinski definition) is 1. The highest BCUT2D eigenvalue weighted by molar-refractivity contribution is 5.81. The quantitative estimate of drug-likeness (QED) is 0.611. The van der Waals surface area contributed by atoms with Crippen molar-refractivity contribution in [3.8, 4) is 0 Å². The van der Waals surface area contributed by atoms with Crippen LogP contribution in [0.5, 0.6) is 0 Å². The molecule has 1 aromatic carbocycles. The predicted octanol–water partition coefficient (Wildman–Crippen LogP) is 2.19. The molecule has 0 fully saturated rings. The maximum absolute atomic E-state index is 9.98. The number of aryl methyl sites for hydroxylation is 1. The van der Waals surface area contributed by atoms with E-state index in [0.717, 1.165) is 17.6 Å². The molecule has 1 N–H and O–H groups in total. The van der Waals surface area contributed by atoms with E-state index in [-0.39, 0.29) is 0 Å². The van der Waals surface area contributed by atoms with E-state index in [9.17, 15) is 4.79 Å². The van der Waals surface area contributed by atoms with Crippen LogP contribution in [0, 0.1) is 6.92 Å². The van der Waals surface area contributed by atoms with Crippen molar-refractivity contribution >= 4 is 17.4 Å². The molecule has 0 saturated heterocycles. The Morgan fingerprint density at radius 3 is 3.07 bits per heavy atom. The van der Waals surface area contributed by atoms with Gasteiger partial charge in [-0.2, -0.15) is 0 Å². The lowest BCUT2D eigenvalue weighted by Gasteiger charge is -1.94. The summed E-state index contributed by atoms with van der Waals surface area (Å²) >= 11 is 0. The minimum atomic E-state index is 0.426. The Morgan fingerprint density at radius 1 is 1.40 bits per heavy atom. The highest BCUT2D eigenvalue weighted by Gasteiger charge is 2.00. The van der Waals surface area contributed by atoms with Crippen molar-refractivity contribution in [3.63, 3.8) is 0 Å². The molecule has 0 aliphatic rings. The lowest BCUT2D eigenvalue weighted by Crippen LogP contribution is -1.96. The van der Waals surface area contributed by atoms with Gasteiger partial charge in [0, 0.05) is 17.6 Å². The Morgan fingerprint density at radius 2 is 2.27 bits per heavy atom. The zero-order valence-corrected chi connectivity index (χ0v) is 8.62. The number of rotatable bonds is 4. The Hall–Kier alpha value is -1.77. The maximum atomic E-state index is 9.98. The van der Waals surface area contributed by atoms with Gasteiger partial charge in [-0.05, 0) is 30.5 Å². The monoisotopic (exact) mass is 203 g/mol. The summed E-state index contributed by atoms with van der Waals surface area (Å²) < 4.78 is 4.66. The van der Waals surface area contributed by atoms with Crippen LogP contribution in [0.1, 0.15) is 11.3 Å². The van der Waals surface area contributed by atoms with Crippen LogP contribution in [-0.4, -0.2) is 18.1 Å². The SMILES string of the molecule is Cc1ccc2[nH]c(CCOC=O)cc2c1. The molecular weight excluding hydrogens is 190 g/mol. The van der Waals surface area contributed by atoms with E-state index in [4.69, 9.17) is 0 Å². The standard InChI is InChI=1S/C12H13NO2/c1-9-2-3-12-10(6-9)7-11(13-12)4-5-15-8-14/h2-3,6-8,13H,4-5H2,1H3. The van der Waals surface area contributed by atoms with Crippen LogP contribution in [0.3, 0.4) is 0 Å². The van der Waals surface area contributed by atoms with Gasteiger partial charge < -0.3 is 9.72 Å². The van der Waals surface area contributed by atoms with Crippen LogP contribution >= 0.6 is 0 Å². The summed E-state index contributed by atoms with van der Waals surface area (Å²) in [6, 6.07) is 8.37. The zero-order valence-electron chi connectivity index (χ0n) is 8.62. The Balaban J connectivity index is 2.19. The van der Waals surface area contributed by atoms with Crippen LogP contribution in [-0.2, 0) is 16.0 Å². The number of fused-ring (bicyclic) bond motifs is 1. The molecule has 0 saturated carbocycles. The van der Waals surface area contributed by atoms with E-state index >= 15 is 0 Å². The number of ether oxygens (including phenoxy) is 1. The second kappa shape index (κ2) is 4.17. The summed E-state index contributed by atoms with van der Waals surface area (Å²) in [4.78, 5) is 13.3. The number of aromatic amines is 1. The van der Waals surface area contributed by atoms with Gasteiger partial charge in [0.2, 0.25) is 0 Å². The number of aromatic nitrogens is 1. The van der Waals surface area contributed by atoms with Crippen molar-refractivity contribution in [2.24, 2.45) is 0 Å². The van der Waals surface area contributed by atoms with E-state index in [1.807, 2.05) is 0 Å². The van der Waals surface area contributed by atoms with Gasteiger partial charge in [0.1, 0.15) is 0 Å². The molecule has 0 aliphatic heterocycles. The molecule has 0 spiro atoms. The van der Waals surface area contributed by atoms with Crippen molar-refractivity contribution in [3.05, 3.63) is 35.5 Å². The van der Waals surface area contributed by atoms with E-state index in [0.29, 0.717) is 13.1 Å².